The van der Waals surface area contributed by atoms with E-state index in [2.05, 4.69) is 114 Å². The lowest BCUT2D eigenvalue weighted by molar-refractivity contribution is 1.08. The standard InChI is InChI=1S/C27H21N3/c1-18-10-12-21(13-11-18)25-17-29-24-15-14-20-7-3-4-9-23(20)26(24)28-27(29)30(25)22-8-5-6-19(2)16-22/h3-17H,1-2H3. The normalized spacial score (nSPS) is 11.7. The van der Waals surface area contributed by atoms with E-state index in [1.807, 2.05) is 0 Å². The van der Waals surface area contributed by atoms with E-state index in [1.165, 1.54) is 27.5 Å². The van der Waals surface area contributed by atoms with Crippen molar-refractivity contribution in [2.24, 2.45) is 0 Å². The second-order valence-corrected chi connectivity index (χ2v) is 7.99. The zero-order chi connectivity index (χ0) is 20.2. The molecule has 0 unspecified atom stereocenters. The van der Waals surface area contributed by atoms with Crippen molar-refractivity contribution >= 4 is 27.6 Å². The van der Waals surface area contributed by atoms with E-state index in [0.29, 0.717) is 0 Å². The van der Waals surface area contributed by atoms with Gasteiger partial charge in [-0.25, -0.2) is 4.98 Å². The molecule has 6 aromatic rings. The van der Waals surface area contributed by atoms with Gasteiger partial charge in [0.2, 0.25) is 5.78 Å². The van der Waals surface area contributed by atoms with Crippen LogP contribution < -0.4 is 0 Å². The Morgan fingerprint density at radius 1 is 0.733 bits per heavy atom. The minimum Gasteiger partial charge on any atom is -0.283 e. The first-order valence-electron chi connectivity index (χ1n) is 10.2. The van der Waals surface area contributed by atoms with Crippen LogP contribution in [-0.4, -0.2) is 14.0 Å². The summed E-state index contributed by atoms with van der Waals surface area (Å²) in [4.78, 5) is 5.14. The number of nitrogens with zero attached hydrogens (tertiary/aromatic N) is 3. The van der Waals surface area contributed by atoms with Crippen molar-refractivity contribution in [3.63, 3.8) is 0 Å². The van der Waals surface area contributed by atoms with Crippen molar-refractivity contribution in [2.45, 2.75) is 13.8 Å². The molecule has 0 aliphatic heterocycles. The molecule has 2 aromatic heterocycles. The summed E-state index contributed by atoms with van der Waals surface area (Å²) in [5.74, 6) is 0.933. The first kappa shape index (κ1) is 17.0. The Morgan fingerprint density at radius 3 is 2.40 bits per heavy atom. The molecular formula is C27H21N3. The summed E-state index contributed by atoms with van der Waals surface area (Å²) in [6.07, 6.45) is 2.21. The Morgan fingerprint density at radius 2 is 1.57 bits per heavy atom. The van der Waals surface area contributed by atoms with Gasteiger partial charge >= 0.3 is 0 Å². The molecular weight excluding hydrogens is 366 g/mol. The van der Waals surface area contributed by atoms with Crippen molar-refractivity contribution in [2.75, 3.05) is 0 Å². The molecule has 30 heavy (non-hydrogen) atoms. The molecule has 4 aromatic carbocycles. The van der Waals surface area contributed by atoms with E-state index in [1.54, 1.807) is 0 Å². The molecule has 2 heterocycles. The van der Waals surface area contributed by atoms with Gasteiger partial charge < -0.3 is 0 Å². The Hall–Kier alpha value is -3.85. The lowest BCUT2D eigenvalue weighted by Gasteiger charge is -2.10. The molecule has 0 amide bonds. The van der Waals surface area contributed by atoms with Crippen molar-refractivity contribution in [3.05, 3.63) is 102 Å². The number of fused-ring (bicyclic) bond motifs is 5. The largest absolute Gasteiger partial charge is 0.283 e. The summed E-state index contributed by atoms with van der Waals surface area (Å²) in [5, 5.41) is 2.40. The molecule has 0 aliphatic carbocycles. The maximum atomic E-state index is 5.14. The molecule has 0 atom stereocenters. The van der Waals surface area contributed by atoms with Crippen LogP contribution >= 0.6 is 0 Å². The number of benzene rings is 4. The van der Waals surface area contributed by atoms with Crippen LogP contribution in [0.3, 0.4) is 0 Å². The van der Waals surface area contributed by atoms with Gasteiger partial charge in [0.05, 0.1) is 16.7 Å². The number of aryl methyl sites for hydroxylation is 2. The van der Waals surface area contributed by atoms with Crippen LogP contribution in [0.25, 0.3) is 44.5 Å². The summed E-state index contributed by atoms with van der Waals surface area (Å²) in [6.45, 7) is 4.25. The average molecular weight is 387 g/mol. The third-order valence-corrected chi connectivity index (χ3v) is 5.87. The number of hydrogen-bond acceptors (Lipinski definition) is 1. The van der Waals surface area contributed by atoms with E-state index in [4.69, 9.17) is 4.98 Å². The molecule has 0 saturated carbocycles. The number of hydrogen-bond donors (Lipinski definition) is 0. The Labute approximate surface area is 174 Å². The molecule has 6 rings (SSSR count). The topological polar surface area (TPSA) is 22.2 Å². The molecule has 0 aliphatic rings. The maximum absolute atomic E-state index is 5.14. The summed E-state index contributed by atoms with van der Waals surface area (Å²) in [6, 6.07) is 30.1. The Kier molecular flexibility index (Phi) is 3.59. The van der Waals surface area contributed by atoms with Gasteiger partial charge in [0.25, 0.3) is 0 Å². The van der Waals surface area contributed by atoms with Crippen LogP contribution in [0, 0.1) is 13.8 Å². The Balaban J connectivity index is 1.74. The van der Waals surface area contributed by atoms with Crippen LogP contribution in [0.2, 0.25) is 0 Å². The number of imidazole rings is 2. The van der Waals surface area contributed by atoms with E-state index in [0.717, 1.165) is 28.2 Å². The van der Waals surface area contributed by atoms with Crippen LogP contribution in [-0.2, 0) is 0 Å². The quantitative estimate of drug-likeness (QED) is 0.323. The van der Waals surface area contributed by atoms with Crippen molar-refractivity contribution < 1.29 is 0 Å². The Bertz CT molecular complexity index is 1550. The van der Waals surface area contributed by atoms with Crippen LogP contribution in [0.15, 0.2) is 91.1 Å². The molecule has 0 spiro atoms. The van der Waals surface area contributed by atoms with Gasteiger partial charge in [0.1, 0.15) is 0 Å². The van der Waals surface area contributed by atoms with Gasteiger partial charge in [-0.15, -0.1) is 0 Å². The second-order valence-electron chi connectivity index (χ2n) is 7.99. The van der Waals surface area contributed by atoms with Crippen molar-refractivity contribution in [1.82, 2.24) is 14.0 Å². The SMILES string of the molecule is Cc1ccc(-c2cn3c4ccc5ccccc5c4nc3n2-c2cccc(C)c2)cc1. The fraction of sp³-hybridized carbons (Fsp3) is 0.0741. The molecule has 3 nitrogen and oxygen atoms in total. The molecule has 0 radical (unpaired) electrons. The molecule has 144 valence electrons. The summed E-state index contributed by atoms with van der Waals surface area (Å²) in [5.41, 5.74) is 8.10. The monoisotopic (exact) mass is 387 g/mol. The smallest absolute Gasteiger partial charge is 0.220 e. The van der Waals surface area contributed by atoms with Crippen molar-refractivity contribution in [1.29, 1.82) is 0 Å². The van der Waals surface area contributed by atoms with Crippen LogP contribution in [0.5, 0.6) is 0 Å². The first-order valence-corrected chi connectivity index (χ1v) is 10.2. The van der Waals surface area contributed by atoms with E-state index < -0.39 is 0 Å². The third-order valence-electron chi connectivity index (χ3n) is 5.87. The van der Waals surface area contributed by atoms with Crippen LogP contribution in [0.4, 0.5) is 0 Å². The number of rotatable bonds is 2. The predicted octanol–water partition coefficient (Wildman–Crippen LogP) is 6.72. The highest BCUT2D eigenvalue weighted by molar-refractivity contribution is 6.05. The molecule has 0 saturated heterocycles. The third kappa shape index (κ3) is 2.49. The lowest BCUT2D eigenvalue weighted by Crippen LogP contribution is -1.98. The number of aromatic nitrogens is 3. The van der Waals surface area contributed by atoms with Gasteiger partial charge in [-0.2, -0.15) is 0 Å². The van der Waals surface area contributed by atoms with Crippen molar-refractivity contribution in [3.8, 4) is 16.9 Å². The maximum Gasteiger partial charge on any atom is 0.220 e. The average Bonchev–Trinajstić information content (AvgIpc) is 3.30. The van der Waals surface area contributed by atoms with Gasteiger partial charge in [-0.1, -0.05) is 72.3 Å². The summed E-state index contributed by atoms with van der Waals surface area (Å²) >= 11 is 0. The highest BCUT2D eigenvalue weighted by Gasteiger charge is 2.18. The zero-order valence-electron chi connectivity index (χ0n) is 17.0. The van der Waals surface area contributed by atoms with E-state index in [9.17, 15) is 0 Å². The zero-order valence-corrected chi connectivity index (χ0v) is 17.0. The second kappa shape index (κ2) is 6.33. The minimum atomic E-state index is 0.933. The first-order chi connectivity index (χ1) is 14.7. The summed E-state index contributed by atoms with van der Waals surface area (Å²) in [7, 11) is 0. The lowest BCUT2D eigenvalue weighted by atomic mass is 10.1. The highest BCUT2D eigenvalue weighted by atomic mass is 15.2. The minimum absolute atomic E-state index is 0.933. The highest BCUT2D eigenvalue weighted by Crippen LogP contribution is 2.32. The molecule has 3 heteroatoms. The molecule has 0 fully saturated rings. The molecule has 0 N–H and O–H groups in total. The van der Waals surface area contributed by atoms with Gasteiger partial charge in [-0.3, -0.25) is 8.97 Å². The fourth-order valence-electron chi connectivity index (χ4n) is 4.34. The van der Waals surface area contributed by atoms with E-state index in [-0.39, 0.29) is 0 Å². The predicted molar refractivity (Wildman–Crippen MR) is 124 cm³/mol. The van der Waals surface area contributed by atoms with E-state index >= 15 is 0 Å². The summed E-state index contributed by atoms with van der Waals surface area (Å²) < 4.78 is 4.49. The molecule has 0 bridgehead atoms. The van der Waals surface area contributed by atoms with Gasteiger partial charge in [-0.05, 0) is 43.0 Å². The van der Waals surface area contributed by atoms with Gasteiger partial charge in [0, 0.05) is 22.8 Å². The fourth-order valence-corrected chi connectivity index (χ4v) is 4.34. The van der Waals surface area contributed by atoms with Gasteiger partial charge in [0.15, 0.2) is 0 Å². The van der Waals surface area contributed by atoms with Crippen LogP contribution in [0.1, 0.15) is 11.1 Å².